The van der Waals surface area contributed by atoms with Gasteiger partial charge in [0.05, 0.1) is 18.1 Å². The Labute approximate surface area is 119 Å². The van der Waals surface area contributed by atoms with Gasteiger partial charge in [0.1, 0.15) is 0 Å². The Morgan fingerprint density at radius 3 is 2.85 bits per heavy atom. The van der Waals surface area contributed by atoms with E-state index in [9.17, 15) is 8.42 Å². The molecule has 1 saturated heterocycles. The molecule has 1 fully saturated rings. The van der Waals surface area contributed by atoms with Crippen LogP contribution in [0.15, 0.2) is 4.42 Å². The summed E-state index contributed by atoms with van der Waals surface area (Å²) in [5, 5.41) is 11.2. The van der Waals surface area contributed by atoms with E-state index in [1.165, 1.54) is 0 Å². The fourth-order valence-corrected chi connectivity index (χ4v) is 3.31. The number of hydrogen-bond acceptors (Lipinski definition) is 7. The Hall–Kier alpha value is -1.15. The van der Waals surface area contributed by atoms with Gasteiger partial charge in [-0.1, -0.05) is 18.9 Å². The third-order valence-electron chi connectivity index (χ3n) is 3.11. The van der Waals surface area contributed by atoms with E-state index in [-0.39, 0.29) is 11.5 Å². The van der Waals surface area contributed by atoms with Gasteiger partial charge in [0.2, 0.25) is 5.89 Å². The van der Waals surface area contributed by atoms with E-state index in [0.29, 0.717) is 43.9 Å². The Kier molecular flexibility index (Phi) is 4.98. The quantitative estimate of drug-likeness (QED) is 0.844. The minimum absolute atomic E-state index is 0.149. The van der Waals surface area contributed by atoms with Crippen LogP contribution in [0.25, 0.3) is 0 Å². The summed E-state index contributed by atoms with van der Waals surface area (Å²) in [5.74, 6) is 1.48. The third-order valence-corrected chi connectivity index (χ3v) is 4.83. The molecule has 0 spiro atoms. The summed E-state index contributed by atoms with van der Waals surface area (Å²) in [5.41, 5.74) is 0. The van der Waals surface area contributed by atoms with Gasteiger partial charge in [0.25, 0.3) is 0 Å². The van der Waals surface area contributed by atoms with Crippen molar-refractivity contribution in [3.63, 3.8) is 0 Å². The maximum atomic E-state index is 11.6. The van der Waals surface area contributed by atoms with E-state index in [2.05, 4.69) is 29.4 Å². The van der Waals surface area contributed by atoms with Gasteiger partial charge in [-0.15, -0.1) is 5.10 Å². The molecule has 1 N–H and O–H groups in total. The van der Waals surface area contributed by atoms with Crippen LogP contribution in [0.4, 0.5) is 6.01 Å². The molecule has 0 radical (unpaired) electrons. The monoisotopic (exact) mass is 302 g/mol. The summed E-state index contributed by atoms with van der Waals surface area (Å²) < 4.78 is 28.7. The number of hydrogen-bond donors (Lipinski definition) is 1. The first-order chi connectivity index (χ1) is 9.46. The Morgan fingerprint density at radius 1 is 1.30 bits per heavy atom. The van der Waals surface area contributed by atoms with Gasteiger partial charge in [-0.2, -0.15) is 0 Å². The van der Waals surface area contributed by atoms with E-state index < -0.39 is 9.84 Å². The summed E-state index contributed by atoms with van der Waals surface area (Å²) in [6.45, 7) is 6.74. The maximum absolute atomic E-state index is 11.6. The summed E-state index contributed by atoms with van der Waals surface area (Å²) in [7, 11) is -2.92. The highest BCUT2D eigenvalue weighted by Crippen LogP contribution is 2.15. The van der Waals surface area contributed by atoms with Gasteiger partial charge in [-0.3, -0.25) is 0 Å². The highest BCUT2D eigenvalue weighted by atomic mass is 32.2. The van der Waals surface area contributed by atoms with Gasteiger partial charge >= 0.3 is 6.01 Å². The minimum atomic E-state index is -2.92. The molecule has 1 aliphatic heterocycles. The molecule has 1 aromatic heterocycles. The summed E-state index contributed by atoms with van der Waals surface area (Å²) in [6.07, 6.45) is 0.603. The summed E-state index contributed by atoms with van der Waals surface area (Å²) in [4.78, 5) is 1.85. The van der Waals surface area contributed by atoms with Crippen LogP contribution in [0.1, 0.15) is 26.2 Å². The van der Waals surface area contributed by atoms with Gasteiger partial charge in [0.15, 0.2) is 9.84 Å². The predicted octanol–water partition coefficient (Wildman–Crippen LogP) is 0.440. The molecule has 0 bridgehead atoms. The zero-order chi connectivity index (χ0) is 14.6. The molecule has 1 aliphatic rings. The van der Waals surface area contributed by atoms with Crippen LogP contribution >= 0.6 is 0 Å². The van der Waals surface area contributed by atoms with Crippen molar-refractivity contribution in [2.75, 3.05) is 36.0 Å². The van der Waals surface area contributed by atoms with Crippen LogP contribution in [0.3, 0.4) is 0 Å². The number of rotatable bonds is 5. The van der Waals surface area contributed by atoms with Crippen molar-refractivity contribution in [2.24, 2.45) is 5.92 Å². The zero-order valence-corrected chi connectivity index (χ0v) is 12.8. The Balaban J connectivity index is 1.91. The predicted molar refractivity (Wildman–Crippen MR) is 76.3 cm³/mol. The largest absolute Gasteiger partial charge is 0.407 e. The van der Waals surface area contributed by atoms with Gasteiger partial charge in [-0.05, 0) is 18.9 Å². The van der Waals surface area contributed by atoms with Crippen molar-refractivity contribution in [2.45, 2.75) is 26.8 Å². The number of sulfone groups is 1. The normalized spacial score (nSPS) is 19.2. The molecule has 2 rings (SSSR count). The zero-order valence-electron chi connectivity index (χ0n) is 12.0. The molecular formula is C12H22N4O3S. The van der Waals surface area contributed by atoms with E-state index in [1.807, 2.05) is 4.90 Å². The third kappa shape index (κ3) is 4.45. The van der Waals surface area contributed by atoms with Crippen molar-refractivity contribution in [1.82, 2.24) is 15.5 Å². The van der Waals surface area contributed by atoms with E-state index in [0.717, 1.165) is 6.54 Å². The van der Waals surface area contributed by atoms with Crippen LogP contribution in [-0.2, 0) is 16.4 Å². The fourth-order valence-electron chi connectivity index (χ4n) is 2.04. The molecule has 8 heteroatoms. The smallest absolute Gasteiger partial charge is 0.318 e. The van der Waals surface area contributed by atoms with E-state index in [1.54, 1.807) is 0 Å². The number of nitrogens with zero attached hydrogens (tertiary/aromatic N) is 3. The summed E-state index contributed by atoms with van der Waals surface area (Å²) in [6, 6.07) is 0.420. The molecule has 114 valence electrons. The van der Waals surface area contributed by atoms with Crippen LogP contribution < -0.4 is 10.2 Å². The van der Waals surface area contributed by atoms with E-state index in [4.69, 9.17) is 4.42 Å². The first-order valence-electron chi connectivity index (χ1n) is 6.95. The first kappa shape index (κ1) is 15.2. The van der Waals surface area contributed by atoms with Crippen LogP contribution in [0.2, 0.25) is 0 Å². The highest BCUT2D eigenvalue weighted by molar-refractivity contribution is 7.91. The topological polar surface area (TPSA) is 88.3 Å². The SMILES string of the molecule is CC(C)CNCc1nnc(N2CCCS(=O)(=O)CC2)o1. The fraction of sp³-hybridized carbons (Fsp3) is 0.833. The van der Waals surface area contributed by atoms with E-state index >= 15 is 0 Å². The molecule has 1 aromatic rings. The number of nitrogens with one attached hydrogen (secondary N) is 1. The second-order valence-electron chi connectivity index (χ2n) is 5.50. The molecule has 0 atom stereocenters. The lowest BCUT2D eigenvalue weighted by Gasteiger charge is -2.15. The average Bonchev–Trinajstić information content (AvgIpc) is 2.74. The molecule has 0 aliphatic carbocycles. The molecule has 2 heterocycles. The summed E-state index contributed by atoms with van der Waals surface area (Å²) >= 11 is 0. The average molecular weight is 302 g/mol. The Bertz CT molecular complexity index is 527. The van der Waals surface area contributed by atoms with Crippen molar-refractivity contribution < 1.29 is 12.8 Å². The number of anilines is 1. The number of aromatic nitrogens is 2. The van der Waals surface area contributed by atoms with Crippen molar-refractivity contribution in [3.8, 4) is 0 Å². The lowest BCUT2D eigenvalue weighted by Crippen LogP contribution is -2.27. The van der Waals surface area contributed by atoms with Gasteiger partial charge in [-0.25, -0.2) is 8.42 Å². The lowest BCUT2D eigenvalue weighted by atomic mass is 10.2. The van der Waals surface area contributed by atoms with Crippen molar-refractivity contribution >= 4 is 15.9 Å². The highest BCUT2D eigenvalue weighted by Gasteiger charge is 2.22. The molecular weight excluding hydrogens is 280 g/mol. The lowest BCUT2D eigenvalue weighted by molar-refractivity contribution is 0.448. The standard InChI is InChI=1S/C12H22N4O3S/c1-10(2)8-13-9-11-14-15-12(19-11)16-4-3-6-20(17,18)7-5-16/h10,13H,3-9H2,1-2H3. The first-order valence-corrected chi connectivity index (χ1v) is 8.77. The van der Waals surface area contributed by atoms with Gasteiger partial charge in [0, 0.05) is 13.1 Å². The van der Waals surface area contributed by atoms with Gasteiger partial charge < -0.3 is 14.6 Å². The molecule has 0 saturated carbocycles. The van der Waals surface area contributed by atoms with Crippen LogP contribution in [0, 0.1) is 5.92 Å². The molecule has 0 amide bonds. The molecule has 20 heavy (non-hydrogen) atoms. The second-order valence-corrected chi connectivity index (χ2v) is 7.80. The molecule has 0 aromatic carbocycles. The second kappa shape index (κ2) is 6.53. The van der Waals surface area contributed by atoms with Crippen LogP contribution in [0.5, 0.6) is 0 Å². The minimum Gasteiger partial charge on any atom is -0.407 e. The maximum Gasteiger partial charge on any atom is 0.318 e. The molecule has 7 nitrogen and oxygen atoms in total. The Morgan fingerprint density at radius 2 is 2.10 bits per heavy atom. The van der Waals surface area contributed by atoms with Crippen molar-refractivity contribution in [3.05, 3.63) is 5.89 Å². The van der Waals surface area contributed by atoms with Crippen molar-refractivity contribution in [1.29, 1.82) is 0 Å². The van der Waals surface area contributed by atoms with Crippen LogP contribution in [-0.4, -0.2) is 49.8 Å². The molecule has 0 unspecified atom stereocenters.